The van der Waals surface area contributed by atoms with Gasteiger partial charge in [-0.15, -0.1) is 0 Å². The first kappa shape index (κ1) is 6.71. The number of fused-ring (bicyclic) bond motifs is 1. The van der Waals surface area contributed by atoms with Crippen LogP contribution in [0.2, 0.25) is 0 Å². The lowest BCUT2D eigenvalue weighted by Crippen LogP contribution is -2.42. The average Bonchev–Trinajstić information content (AvgIpc) is 2.75. The molecule has 4 nitrogen and oxygen atoms in total. The maximum Gasteiger partial charge on any atom is 0.189 e. The Morgan fingerprint density at radius 3 is 3.40 bits per heavy atom. The molecule has 2 atom stereocenters. The average molecular weight is 206 g/mol. The standard InChI is InChI=1S/C11H12N2O2/c1-2-4-9-8(3-1)14-7-10(15-9)11-12-5-6-13-11/h1-4,10H,5-7H2,(H,12,13)/i1D,5D/t5-,10?/m0/s1. The number of nitrogens with one attached hydrogen (secondary N) is 1. The Labute approximate surface area is 90.7 Å². The highest BCUT2D eigenvalue weighted by molar-refractivity contribution is 5.88. The van der Waals surface area contributed by atoms with Crippen molar-refractivity contribution in [3.05, 3.63) is 24.2 Å². The van der Waals surface area contributed by atoms with E-state index in [1.165, 1.54) is 0 Å². The second-order valence-corrected chi connectivity index (χ2v) is 3.37. The summed E-state index contributed by atoms with van der Waals surface area (Å²) in [5.41, 5.74) is 0. The fourth-order valence-electron chi connectivity index (χ4n) is 1.64. The molecule has 0 saturated carbocycles. The number of hydrogen-bond acceptors (Lipinski definition) is 4. The summed E-state index contributed by atoms with van der Waals surface area (Å²) in [5.74, 6) is 1.88. The van der Waals surface area contributed by atoms with Crippen molar-refractivity contribution in [1.82, 2.24) is 5.32 Å². The molecule has 1 unspecified atom stereocenters. The second-order valence-electron chi connectivity index (χ2n) is 3.37. The van der Waals surface area contributed by atoms with Crippen molar-refractivity contribution in [1.29, 1.82) is 0 Å². The van der Waals surface area contributed by atoms with Gasteiger partial charge in [0.15, 0.2) is 17.6 Å². The predicted octanol–water partition coefficient (Wildman–Crippen LogP) is 0.828. The highest BCUT2D eigenvalue weighted by Crippen LogP contribution is 2.31. The topological polar surface area (TPSA) is 42.8 Å². The Kier molecular flexibility index (Phi) is 1.55. The minimum absolute atomic E-state index is 0.283. The Balaban J connectivity index is 1.81. The monoisotopic (exact) mass is 206 g/mol. The molecule has 0 aliphatic carbocycles. The van der Waals surface area contributed by atoms with Gasteiger partial charge in [0, 0.05) is 6.54 Å². The second kappa shape index (κ2) is 3.46. The third-order valence-corrected chi connectivity index (χ3v) is 2.36. The van der Waals surface area contributed by atoms with Crippen LogP contribution < -0.4 is 14.8 Å². The number of benzene rings is 1. The summed E-state index contributed by atoms with van der Waals surface area (Å²) >= 11 is 0. The molecule has 0 aromatic heterocycles. The van der Waals surface area contributed by atoms with E-state index in [1.54, 1.807) is 18.2 Å². The van der Waals surface area contributed by atoms with Crippen molar-refractivity contribution in [2.75, 3.05) is 19.7 Å². The van der Waals surface area contributed by atoms with Crippen molar-refractivity contribution in [2.24, 2.45) is 4.99 Å². The molecule has 1 N–H and O–H groups in total. The lowest BCUT2D eigenvalue weighted by Gasteiger charge is -2.26. The van der Waals surface area contributed by atoms with Crippen LogP contribution in [-0.4, -0.2) is 31.6 Å². The lowest BCUT2D eigenvalue weighted by molar-refractivity contribution is 0.133. The van der Waals surface area contributed by atoms with Gasteiger partial charge in [0.2, 0.25) is 0 Å². The van der Waals surface area contributed by atoms with Crippen LogP contribution >= 0.6 is 0 Å². The zero-order valence-electron chi connectivity index (χ0n) is 10.1. The van der Waals surface area contributed by atoms with Crippen molar-refractivity contribution < 1.29 is 12.2 Å². The lowest BCUT2D eigenvalue weighted by atomic mass is 10.2. The molecule has 2 heterocycles. The zero-order valence-corrected chi connectivity index (χ0v) is 8.06. The van der Waals surface area contributed by atoms with Gasteiger partial charge in [-0.3, -0.25) is 4.99 Å². The van der Waals surface area contributed by atoms with Gasteiger partial charge in [-0.25, -0.2) is 0 Å². The number of aliphatic imine (C=N–C) groups is 1. The first-order valence-electron chi connectivity index (χ1n) is 5.94. The normalized spacial score (nSPS) is 30.0. The molecule has 15 heavy (non-hydrogen) atoms. The fourth-order valence-corrected chi connectivity index (χ4v) is 1.64. The highest BCUT2D eigenvalue weighted by Gasteiger charge is 2.26. The van der Waals surface area contributed by atoms with E-state index < -0.39 is 6.52 Å². The molecule has 0 amide bonds. The summed E-state index contributed by atoms with van der Waals surface area (Å²) in [6.45, 7) is 0.425. The van der Waals surface area contributed by atoms with Crippen molar-refractivity contribution >= 4 is 5.84 Å². The van der Waals surface area contributed by atoms with Crippen molar-refractivity contribution in [2.45, 2.75) is 6.10 Å². The Morgan fingerprint density at radius 2 is 2.53 bits per heavy atom. The van der Waals surface area contributed by atoms with Gasteiger partial charge in [0.05, 0.1) is 9.26 Å². The number of hydrogen-bond donors (Lipinski definition) is 1. The van der Waals surface area contributed by atoms with Gasteiger partial charge in [-0.1, -0.05) is 12.1 Å². The minimum atomic E-state index is -0.453. The summed E-state index contributed by atoms with van der Waals surface area (Å²) in [6.07, 6.45) is -0.283. The van der Waals surface area contributed by atoms with E-state index in [0.29, 0.717) is 36.5 Å². The van der Waals surface area contributed by atoms with Crippen LogP contribution in [0.4, 0.5) is 0 Å². The fraction of sp³-hybridized carbons (Fsp3) is 0.364. The molecule has 2 aliphatic rings. The minimum Gasteiger partial charge on any atom is -0.485 e. The summed E-state index contributed by atoms with van der Waals surface area (Å²) in [5, 5.41) is 3.04. The van der Waals surface area contributed by atoms with Crippen LogP contribution in [-0.2, 0) is 0 Å². The molecule has 1 aromatic rings. The third-order valence-electron chi connectivity index (χ3n) is 2.36. The van der Waals surface area contributed by atoms with Gasteiger partial charge in [-0.05, 0) is 12.1 Å². The molecular weight excluding hydrogens is 192 g/mol. The van der Waals surface area contributed by atoms with E-state index in [4.69, 9.17) is 12.2 Å². The third kappa shape index (κ3) is 1.52. The maximum atomic E-state index is 7.48. The molecule has 2 aliphatic heterocycles. The molecular formula is C11H12N2O2. The van der Waals surface area contributed by atoms with E-state index in [1.807, 2.05) is 0 Å². The first-order valence-corrected chi connectivity index (χ1v) is 4.86. The van der Waals surface area contributed by atoms with Crippen LogP contribution in [0, 0.1) is 0 Å². The molecule has 0 spiro atoms. The summed E-state index contributed by atoms with van der Waals surface area (Å²) in [6, 6.07) is 5.40. The van der Waals surface area contributed by atoms with Gasteiger partial charge in [0.1, 0.15) is 12.4 Å². The van der Waals surface area contributed by atoms with Crippen LogP contribution in [0.5, 0.6) is 11.5 Å². The van der Waals surface area contributed by atoms with Crippen LogP contribution in [0.25, 0.3) is 0 Å². The van der Waals surface area contributed by atoms with E-state index in [2.05, 4.69) is 10.3 Å². The quantitative estimate of drug-likeness (QED) is 0.740. The molecule has 0 radical (unpaired) electrons. The Hall–Kier alpha value is -1.71. The molecule has 1 aromatic carbocycles. The number of nitrogens with zero attached hydrogens (tertiary/aromatic N) is 1. The first-order chi connectivity index (χ1) is 8.22. The predicted molar refractivity (Wildman–Crippen MR) is 56.7 cm³/mol. The maximum absolute atomic E-state index is 7.48. The summed E-state index contributed by atoms with van der Waals surface area (Å²) < 4.78 is 26.2. The van der Waals surface area contributed by atoms with Gasteiger partial charge in [0.25, 0.3) is 0 Å². The molecule has 78 valence electrons. The number of amidine groups is 1. The Morgan fingerprint density at radius 1 is 1.53 bits per heavy atom. The van der Waals surface area contributed by atoms with E-state index in [0.717, 1.165) is 0 Å². The summed E-state index contributed by atoms with van der Waals surface area (Å²) in [7, 11) is 0. The van der Waals surface area contributed by atoms with E-state index in [9.17, 15) is 0 Å². The SMILES string of the molecule is [2H]c1ccc2c(c1)OCC(C1=N[C@@H]([2H])CN1)O2. The highest BCUT2D eigenvalue weighted by atomic mass is 16.6. The van der Waals surface area contributed by atoms with Crippen LogP contribution in [0.15, 0.2) is 29.2 Å². The number of ether oxygens (including phenoxy) is 2. The van der Waals surface area contributed by atoms with Gasteiger partial charge in [-0.2, -0.15) is 0 Å². The number of rotatable bonds is 1. The van der Waals surface area contributed by atoms with Crippen molar-refractivity contribution in [3.63, 3.8) is 0 Å². The zero-order chi connectivity index (χ0) is 11.8. The van der Waals surface area contributed by atoms with Crippen LogP contribution in [0.1, 0.15) is 2.74 Å². The molecule has 3 rings (SSSR count). The Bertz CT molecular complexity index is 479. The van der Waals surface area contributed by atoms with Crippen LogP contribution in [0.3, 0.4) is 0 Å². The molecule has 0 fully saturated rings. The van der Waals surface area contributed by atoms with Crippen molar-refractivity contribution in [3.8, 4) is 11.5 Å². The largest absolute Gasteiger partial charge is 0.485 e. The molecule has 0 saturated heterocycles. The van der Waals surface area contributed by atoms with Gasteiger partial charge >= 0.3 is 0 Å². The molecule has 4 heteroatoms. The smallest absolute Gasteiger partial charge is 0.189 e. The number of para-hydroxylation sites is 2. The molecule has 0 bridgehead atoms. The van der Waals surface area contributed by atoms with Gasteiger partial charge < -0.3 is 14.8 Å². The summed E-state index contributed by atoms with van der Waals surface area (Å²) in [4.78, 5) is 4.13. The van der Waals surface area contributed by atoms with E-state index >= 15 is 0 Å². The van der Waals surface area contributed by atoms with E-state index in [-0.39, 0.29) is 6.10 Å².